The Morgan fingerprint density at radius 2 is 2.11 bits per heavy atom. The molecule has 98 valence electrons. The van der Waals surface area contributed by atoms with Crippen molar-refractivity contribution in [1.29, 1.82) is 0 Å². The average molecular weight is 270 g/mol. The largest absolute Gasteiger partial charge is 0.373 e. The zero-order chi connectivity index (χ0) is 13.1. The van der Waals surface area contributed by atoms with Crippen LogP contribution in [0.4, 0.5) is 5.82 Å². The van der Waals surface area contributed by atoms with E-state index in [0.29, 0.717) is 0 Å². The summed E-state index contributed by atoms with van der Waals surface area (Å²) in [5, 5.41) is 3.15. The first-order valence-corrected chi connectivity index (χ1v) is 7.71. The number of thioether (sulfide) groups is 1. The number of hydrogen-bond acceptors (Lipinski definition) is 3. The molecule has 19 heavy (non-hydrogen) atoms. The number of aryl methyl sites for hydroxylation is 2. The van der Waals surface area contributed by atoms with Crippen molar-refractivity contribution in [3.63, 3.8) is 0 Å². The highest BCUT2D eigenvalue weighted by Crippen LogP contribution is 2.30. The summed E-state index contributed by atoms with van der Waals surface area (Å²) in [7, 11) is 1.92. The number of hydrogen-bond donors (Lipinski definition) is 1. The molecule has 1 aliphatic rings. The topological polar surface area (TPSA) is 24.9 Å². The molecule has 0 unspecified atom stereocenters. The van der Waals surface area contributed by atoms with Crippen LogP contribution in [-0.2, 0) is 18.6 Å². The van der Waals surface area contributed by atoms with Crippen LogP contribution in [0.5, 0.6) is 0 Å². The summed E-state index contributed by atoms with van der Waals surface area (Å²) < 4.78 is 0. The number of rotatable bonds is 4. The molecule has 2 nitrogen and oxygen atoms in total. The zero-order valence-electron chi connectivity index (χ0n) is 11.1. The number of nitrogens with one attached hydrogen (secondary N) is 1. The standard InChI is InChI=1S/C16H18N2S/c1-17-16-14(6-3-9-18-16)11-19-15-8-7-12-4-2-5-13(12)10-15/h3,6-10H,2,4-5,11H2,1H3,(H,17,18). The molecule has 0 fully saturated rings. The zero-order valence-corrected chi connectivity index (χ0v) is 12.0. The molecule has 1 aliphatic carbocycles. The molecule has 0 atom stereocenters. The molecule has 0 bridgehead atoms. The Morgan fingerprint density at radius 1 is 1.21 bits per heavy atom. The second-order valence-electron chi connectivity index (χ2n) is 4.83. The van der Waals surface area contributed by atoms with Crippen molar-refractivity contribution in [1.82, 2.24) is 4.98 Å². The number of anilines is 1. The average Bonchev–Trinajstić information content (AvgIpc) is 2.93. The second-order valence-corrected chi connectivity index (χ2v) is 5.88. The van der Waals surface area contributed by atoms with E-state index in [-0.39, 0.29) is 0 Å². The van der Waals surface area contributed by atoms with Gasteiger partial charge >= 0.3 is 0 Å². The van der Waals surface area contributed by atoms with Gasteiger partial charge in [-0.1, -0.05) is 12.1 Å². The Morgan fingerprint density at radius 3 is 3.00 bits per heavy atom. The molecule has 1 aromatic carbocycles. The molecule has 0 amide bonds. The highest BCUT2D eigenvalue weighted by molar-refractivity contribution is 7.98. The van der Waals surface area contributed by atoms with Gasteiger partial charge in [-0.3, -0.25) is 0 Å². The van der Waals surface area contributed by atoms with Crippen LogP contribution in [0.3, 0.4) is 0 Å². The van der Waals surface area contributed by atoms with Crippen molar-refractivity contribution < 1.29 is 0 Å². The minimum atomic E-state index is 0.961. The Kier molecular flexibility index (Phi) is 3.74. The third-order valence-electron chi connectivity index (χ3n) is 3.59. The normalized spacial score (nSPS) is 13.3. The molecule has 3 rings (SSSR count). The first-order valence-electron chi connectivity index (χ1n) is 6.73. The van der Waals surface area contributed by atoms with Gasteiger partial charge in [0.25, 0.3) is 0 Å². The maximum atomic E-state index is 4.34. The molecule has 0 spiro atoms. The number of nitrogens with zero attached hydrogens (tertiary/aromatic N) is 1. The van der Waals surface area contributed by atoms with Gasteiger partial charge in [-0.2, -0.15) is 0 Å². The van der Waals surface area contributed by atoms with E-state index in [4.69, 9.17) is 0 Å². The molecule has 2 aromatic rings. The molecule has 1 heterocycles. The Bertz CT molecular complexity index is 581. The summed E-state index contributed by atoms with van der Waals surface area (Å²) in [6, 6.07) is 11.1. The minimum Gasteiger partial charge on any atom is -0.373 e. The highest BCUT2D eigenvalue weighted by Gasteiger charge is 2.11. The lowest BCUT2D eigenvalue weighted by molar-refractivity contribution is 0.911. The van der Waals surface area contributed by atoms with Gasteiger partial charge in [0.15, 0.2) is 0 Å². The quantitative estimate of drug-likeness (QED) is 0.853. The smallest absolute Gasteiger partial charge is 0.129 e. The Hall–Kier alpha value is -1.48. The van der Waals surface area contributed by atoms with E-state index in [2.05, 4.69) is 34.6 Å². The van der Waals surface area contributed by atoms with Gasteiger partial charge in [-0.05, 0) is 48.6 Å². The van der Waals surface area contributed by atoms with E-state index in [9.17, 15) is 0 Å². The van der Waals surface area contributed by atoms with Gasteiger partial charge in [-0.15, -0.1) is 11.8 Å². The van der Waals surface area contributed by atoms with Crippen molar-refractivity contribution in [2.45, 2.75) is 29.9 Å². The lowest BCUT2D eigenvalue weighted by Crippen LogP contribution is -1.96. The van der Waals surface area contributed by atoms with E-state index in [1.807, 2.05) is 31.1 Å². The summed E-state index contributed by atoms with van der Waals surface area (Å²) >= 11 is 1.89. The second kappa shape index (κ2) is 5.66. The van der Waals surface area contributed by atoms with Crippen molar-refractivity contribution >= 4 is 17.6 Å². The van der Waals surface area contributed by atoms with E-state index in [0.717, 1.165) is 11.6 Å². The van der Waals surface area contributed by atoms with E-state index < -0.39 is 0 Å². The fourth-order valence-corrected chi connectivity index (χ4v) is 3.52. The third kappa shape index (κ3) is 2.76. The first kappa shape index (κ1) is 12.5. The third-order valence-corrected chi connectivity index (χ3v) is 4.63. The lowest BCUT2D eigenvalue weighted by atomic mass is 10.1. The molecular formula is C16H18N2S. The fourth-order valence-electron chi connectivity index (χ4n) is 2.58. The summed E-state index contributed by atoms with van der Waals surface area (Å²) in [5.74, 6) is 1.94. The van der Waals surface area contributed by atoms with Crippen molar-refractivity contribution in [3.8, 4) is 0 Å². The van der Waals surface area contributed by atoms with Gasteiger partial charge in [-0.25, -0.2) is 4.98 Å². The summed E-state index contributed by atoms with van der Waals surface area (Å²) in [6.45, 7) is 0. The number of aromatic nitrogens is 1. The lowest BCUT2D eigenvalue weighted by Gasteiger charge is -2.08. The van der Waals surface area contributed by atoms with Crippen LogP contribution >= 0.6 is 11.8 Å². The van der Waals surface area contributed by atoms with Crippen LogP contribution in [0.15, 0.2) is 41.4 Å². The van der Waals surface area contributed by atoms with Crippen LogP contribution in [0.25, 0.3) is 0 Å². The first-order chi connectivity index (χ1) is 9.36. The molecule has 0 saturated heterocycles. The van der Waals surface area contributed by atoms with E-state index in [1.54, 1.807) is 11.1 Å². The van der Waals surface area contributed by atoms with Crippen molar-refractivity contribution in [2.24, 2.45) is 0 Å². The Labute approximate surface area is 118 Å². The molecular weight excluding hydrogens is 252 g/mol. The minimum absolute atomic E-state index is 0.961. The molecule has 0 saturated carbocycles. The monoisotopic (exact) mass is 270 g/mol. The molecule has 0 aliphatic heterocycles. The highest BCUT2D eigenvalue weighted by atomic mass is 32.2. The predicted molar refractivity (Wildman–Crippen MR) is 81.8 cm³/mol. The maximum Gasteiger partial charge on any atom is 0.129 e. The van der Waals surface area contributed by atoms with Crippen LogP contribution in [0, 0.1) is 0 Å². The molecule has 1 aromatic heterocycles. The summed E-state index contributed by atoms with van der Waals surface area (Å²) in [4.78, 5) is 5.71. The van der Waals surface area contributed by atoms with Crippen LogP contribution < -0.4 is 5.32 Å². The maximum absolute atomic E-state index is 4.34. The number of benzene rings is 1. The molecule has 0 radical (unpaired) electrons. The SMILES string of the molecule is CNc1ncccc1CSc1ccc2c(c1)CCC2. The van der Waals surface area contributed by atoms with Crippen molar-refractivity contribution in [3.05, 3.63) is 53.2 Å². The van der Waals surface area contributed by atoms with Gasteiger partial charge in [0.05, 0.1) is 0 Å². The summed E-state index contributed by atoms with van der Waals surface area (Å²) in [5.41, 5.74) is 4.35. The van der Waals surface area contributed by atoms with Crippen LogP contribution in [0.2, 0.25) is 0 Å². The number of fused-ring (bicyclic) bond motifs is 1. The van der Waals surface area contributed by atoms with Gasteiger partial charge < -0.3 is 5.32 Å². The fraction of sp³-hybridized carbons (Fsp3) is 0.312. The number of pyridine rings is 1. The Balaban J connectivity index is 1.72. The molecule has 3 heteroatoms. The summed E-state index contributed by atoms with van der Waals surface area (Å²) in [6.07, 6.45) is 5.65. The van der Waals surface area contributed by atoms with Crippen LogP contribution in [-0.4, -0.2) is 12.0 Å². The predicted octanol–water partition coefficient (Wildman–Crippen LogP) is 3.90. The van der Waals surface area contributed by atoms with Gasteiger partial charge in [0.2, 0.25) is 0 Å². The van der Waals surface area contributed by atoms with Crippen molar-refractivity contribution in [2.75, 3.05) is 12.4 Å². The van der Waals surface area contributed by atoms with E-state index >= 15 is 0 Å². The van der Waals surface area contributed by atoms with Crippen LogP contribution in [0.1, 0.15) is 23.1 Å². The van der Waals surface area contributed by atoms with Gasteiger partial charge in [0.1, 0.15) is 5.82 Å². The molecule has 1 N–H and O–H groups in total. The van der Waals surface area contributed by atoms with E-state index in [1.165, 1.54) is 29.7 Å². The van der Waals surface area contributed by atoms with Gasteiger partial charge in [0, 0.05) is 29.5 Å².